The van der Waals surface area contributed by atoms with Gasteiger partial charge in [-0.1, -0.05) is 19.1 Å². The molecule has 0 spiro atoms. The third kappa shape index (κ3) is 5.13. The fraction of sp³-hybridized carbons (Fsp3) is 0.500. The number of carbonyl (C=O) groups excluding carboxylic acids is 1. The zero-order chi connectivity index (χ0) is 16.8. The molecule has 0 radical (unpaired) electrons. The summed E-state index contributed by atoms with van der Waals surface area (Å²) in [5.74, 6) is -1.61. The number of amides is 1. The van der Waals surface area contributed by atoms with Crippen LogP contribution in [0.25, 0.3) is 0 Å². The number of nitrogens with one attached hydrogen (secondary N) is 1. The fourth-order valence-corrected chi connectivity index (χ4v) is 2.83. The van der Waals surface area contributed by atoms with E-state index in [9.17, 15) is 13.6 Å². The number of allylic oxidation sites excluding steroid dienone is 1. The van der Waals surface area contributed by atoms with Crippen molar-refractivity contribution in [1.82, 2.24) is 10.2 Å². The van der Waals surface area contributed by atoms with Gasteiger partial charge in [-0.3, -0.25) is 9.69 Å². The van der Waals surface area contributed by atoms with Gasteiger partial charge in [0.25, 0.3) is 0 Å². The number of hydrogen-bond acceptors (Lipinski definition) is 2. The zero-order valence-corrected chi connectivity index (χ0v) is 13.7. The molecule has 1 N–H and O–H groups in total. The number of piperidine rings is 1. The highest BCUT2D eigenvalue weighted by molar-refractivity contribution is 5.92. The first-order valence-corrected chi connectivity index (χ1v) is 8.13. The van der Waals surface area contributed by atoms with Gasteiger partial charge in [-0.25, -0.2) is 8.78 Å². The molecular formula is C18H24F2N2O. The molecule has 1 aromatic rings. The largest absolute Gasteiger partial charge is 0.350 e. The topological polar surface area (TPSA) is 32.3 Å². The summed E-state index contributed by atoms with van der Waals surface area (Å²) in [6.07, 6.45) is 4.52. The summed E-state index contributed by atoms with van der Waals surface area (Å²) in [5.41, 5.74) is 1.53. The first-order valence-electron chi connectivity index (χ1n) is 8.13. The van der Waals surface area contributed by atoms with Gasteiger partial charge in [-0.15, -0.1) is 0 Å². The van der Waals surface area contributed by atoms with Crippen molar-refractivity contribution in [3.05, 3.63) is 47.0 Å². The summed E-state index contributed by atoms with van der Waals surface area (Å²) in [6, 6.07) is 4.22. The SMILES string of the molecule is CCC=C(C)C(=O)NC1CCN(Cc2ccc(F)c(F)c2)CC1. The Balaban J connectivity index is 1.80. The van der Waals surface area contributed by atoms with Crippen LogP contribution < -0.4 is 5.32 Å². The molecule has 1 saturated heterocycles. The molecule has 0 saturated carbocycles. The van der Waals surface area contributed by atoms with Gasteiger partial charge in [0, 0.05) is 31.2 Å². The van der Waals surface area contributed by atoms with Gasteiger partial charge in [-0.05, 0) is 43.9 Å². The second-order valence-corrected chi connectivity index (χ2v) is 6.07. The molecule has 1 amide bonds. The van der Waals surface area contributed by atoms with Crippen molar-refractivity contribution in [3.8, 4) is 0 Å². The van der Waals surface area contributed by atoms with E-state index in [1.54, 1.807) is 6.07 Å². The molecule has 1 aliphatic heterocycles. The van der Waals surface area contributed by atoms with Crippen LogP contribution in [0.1, 0.15) is 38.7 Å². The normalized spacial score (nSPS) is 17.3. The maximum Gasteiger partial charge on any atom is 0.246 e. The van der Waals surface area contributed by atoms with E-state index in [1.165, 1.54) is 12.1 Å². The third-order valence-corrected chi connectivity index (χ3v) is 4.18. The predicted molar refractivity (Wildman–Crippen MR) is 86.8 cm³/mol. The number of nitrogens with zero attached hydrogens (tertiary/aromatic N) is 1. The lowest BCUT2D eigenvalue weighted by Crippen LogP contribution is -2.44. The second-order valence-electron chi connectivity index (χ2n) is 6.07. The second kappa shape index (κ2) is 8.20. The minimum Gasteiger partial charge on any atom is -0.350 e. The number of halogens is 2. The van der Waals surface area contributed by atoms with Crippen LogP contribution in [0.15, 0.2) is 29.8 Å². The van der Waals surface area contributed by atoms with E-state index in [-0.39, 0.29) is 11.9 Å². The summed E-state index contributed by atoms with van der Waals surface area (Å²) in [4.78, 5) is 14.2. The van der Waals surface area contributed by atoms with E-state index in [4.69, 9.17) is 0 Å². The van der Waals surface area contributed by atoms with Crippen LogP contribution in [0.3, 0.4) is 0 Å². The molecule has 1 aliphatic rings. The van der Waals surface area contributed by atoms with Crippen molar-refractivity contribution in [2.45, 2.75) is 45.7 Å². The lowest BCUT2D eigenvalue weighted by Gasteiger charge is -2.32. The van der Waals surface area contributed by atoms with Crippen LogP contribution in [0.5, 0.6) is 0 Å². The van der Waals surface area contributed by atoms with E-state index in [2.05, 4.69) is 10.2 Å². The summed E-state index contributed by atoms with van der Waals surface area (Å²) in [5, 5.41) is 3.06. The number of likely N-dealkylation sites (tertiary alicyclic amines) is 1. The monoisotopic (exact) mass is 322 g/mol. The lowest BCUT2D eigenvalue weighted by atomic mass is 10.0. The van der Waals surface area contributed by atoms with Crippen molar-refractivity contribution in [1.29, 1.82) is 0 Å². The maximum atomic E-state index is 13.2. The quantitative estimate of drug-likeness (QED) is 0.843. The van der Waals surface area contributed by atoms with Crippen molar-refractivity contribution >= 4 is 5.91 Å². The zero-order valence-electron chi connectivity index (χ0n) is 13.7. The standard InChI is InChI=1S/C18H24F2N2O/c1-3-4-13(2)18(23)21-15-7-9-22(10-8-15)12-14-5-6-16(19)17(20)11-14/h4-6,11,15H,3,7-10,12H2,1-2H3,(H,21,23). The molecule has 3 nitrogen and oxygen atoms in total. The van der Waals surface area contributed by atoms with Crippen molar-refractivity contribution < 1.29 is 13.6 Å². The Kier molecular flexibility index (Phi) is 6.28. The average Bonchev–Trinajstić information content (AvgIpc) is 2.53. The molecule has 0 aromatic heterocycles. The Morgan fingerprint density at radius 2 is 2.00 bits per heavy atom. The molecule has 0 unspecified atom stereocenters. The number of benzene rings is 1. The van der Waals surface area contributed by atoms with Crippen LogP contribution >= 0.6 is 0 Å². The van der Waals surface area contributed by atoms with Crippen LogP contribution in [0, 0.1) is 11.6 Å². The highest BCUT2D eigenvalue weighted by Crippen LogP contribution is 2.16. The molecule has 1 aromatic carbocycles. The Morgan fingerprint density at radius 3 is 2.61 bits per heavy atom. The van der Waals surface area contributed by atoms with E-state index >= 15 is 0 Å². The summed E-state index contributed by atoms with van der Waals surface area (Å²) in [7, 11) is 0. The Morgan fingerprint density at radius 1 is 1.30 bits per heavy atom. The van der Waals surface area contributed by atoms with Gasteiger partial charge >= 0.3 is 0 Å². The molecule has 0 aliphatic carbocycles. The van der Waals surface area contributed by atoms with Crippen LogP contribution in [0.2, 0.25) is 0 Å². The smallest absolute Gasteiger partial charge is 0.246 e. The Bertz CT molecular complexity index is 578. The van der Waals surface area contributed by atoms with Crippen molar-refractivity contribution in [3.63, 3.8) is 0 Å². The molecule has 1 fully saturated rings. The number of carbonyl (C=O) groups is 1. The van der Waals surface area contributed by atoms with Crippen LogP contribution in [0.4, 0.5) is 8.78 Å². The van der Waals surface area contributed by atoms with E-state index in [0.29, 0.717) is 6.54 Å². The molecule has 2 rings (SSSR count). The molecule has 23 heavy (non-hydrogen) atoms. The van der Waals surface area contributed by atoms with Gasteiger partial charge in [0.15, 0.2) is 11.6 Å². The maximum absolute atomic E-state index is 13.2. The van der Waals surface area contributed by atoms with Gasteiger partial charge in [0.2, 0.25) is 5.91 Å². The minimum atomic E-state index is -0.814. The summed E-state index contributed by atoms with van der Waals surface area (Å²) < 4.78 is 26.2. The van der Waals surface area contributed by atoms with Crippen LogP contribution in [-0.4, -0.2) is 29.9 Å². The molecule has 0 atom stereocenters. The van der Waals surface area contributed by atoms with Gasteiger partial charge in [0.1, 0.15) is 0 Å². The van der Waals surface area contributed by atoms with Gasteiger partial charge in [0.05, 0.1) is 0 Å². The lowest BCUT2D eigenvalue weighted by molar-refractivity contribution is -0.118. The van der Waals surface area contributed by atoms with E-state index in [1.807, 2.05) is 19.9 Å². The highest BCUT2D eigenvalue weighted by Gasteiger charge is 2.21. The highest BCUT2D eigenvalue weighted by atomic mass is 19.2. The van der Waals surface area contributed by atoms with Gasteiger partial charge < -0.3 is 5.32 Å². The first-order chi connectivity index (χ1) is 11.0. The minimum absolute atomic E-state index is 0.00547. The Labute approximate surface area is 136 Å². The van der Waals surface area contributed by atoms with E-state index < -0.39 is 11.6 Å². The number of rotatable bonds is 5. The third-order valence-electron chi connectivity index (χ3n) is 4.18. The molecule has 0 bridgehead atoms. The summed E-state index contributed by atoms with van der Waals surface area (Å²) in [6.45, 7) is 6.11. The predicted octanol–water partition coefficient (Wildman–Crippen LogP) is 3.40. The van der Waals surface area contributed by atoms with E-state index in [0.717, 1.165) is 43.5 Å². The van der Waals surface area contributed by atoms with Gasteiger partial charge in [-0.2, -0.15) is 0 Å². The number of hydrogen-bond donors (Lipinski definition) is 1. The van der Waals surface area contributed by atoms with Crippen molar-refractivity contribution in [2.75, 3.05) is 13.1 Å². The summed E-state index contributed by atoms with van der Waals surface area (Å²) >= 11 is 0. The fourth-order valence-electron chi connectivity index (χ4n) is 2.83. The molecule has 126 valence electrons. The van der Waals surface area contributed by atoms with Crippen LogP contribution in [-0.2, 0) is 11.3 Å². The molecule has 1 heterocycles. The molecule has 5 heteroatoms. The van der Waals surface area contributed by atoms with Crippen molar-refractivity contribution in [2.24, 2.45) is 0 Å². The average molecular weight is 322 g/mol. The Hall–Kier alpha value is -1.75. The first kappa shape index (κ1) is 17.6. The molecular weight excluding hydrogens is 298 g/mol.